The van der Waals surface area contributed by atoms with Crippen molar-refractivity contribution in [2.75, 3.05) is 32.8 Å². The van der Waals surface area contributed by atoms with Crippen LogP contribution in [0.2, 0.25) is 0 Å². The van der Waals surface area contributed by atoms with Gasteiger partial charge in [-0.1, -0.05) is 13.8 Å². The number of ether oxygens (including phenoxy) is 1. The maximum atomic E-state index is 5.42. The average Bonchev–Trinajstić information content (AvgIpc) is 2.77. The average molecular weight is 212 g/mol. The first kappa shape index (κ1) is 11.4. The molecule has 0 bridgehead atoms. The molecule has 0 aromatic rings. The molecule has 0 aromatic heterocycles. The van der Waals surface area contributed by atoms with Crippen LogP contribution in [0.15, 0.2) is 0 Å². The third-order valence-corrected chi connectivity index (χ3v) is 3.38. The summed E-state index contributed by atoms with van der Waals surface area (Å²) in [7, 11) is 0. The molecule has 0 amide bonds. The second-order valence-corrected chi connectivity index (χ2v) is 5.30. The van der Waals surface area contributed by atoms with E-state index in [1.807, 2.05) is 0 Å². The highest BCUT2D eigenvalue weighted by Gasteiger charge is 2.26. The van der Waals surface area contributed by atoms with Gasteiger partial charge in [0.2, 0.25) is 0 Å². The molecule has 2 fully saturated rings. The monoisotopic (exact) mass is 212 g/mol. The normalized spacial score (nSPS) is 33.0. The fourth-order valence-electron chi connectivity index (χ4n) is 2.70. The number of hydrogen-bond acceptors (Lipinski definition) is 3. The van der Waals surface area contributed by atoms with Crippen molar-refractivity contribution in [2.24, 2.45) is 5.92 Å². The second kappa shape index (κ2) is 5.28. The predicted molar refractivity (Wildman–Crippen MR) is 62.0 cm³/mol. The van der Waals surface area contributed by atoms with Crippen molar-refractivity contribution in [2.45, 2.75) is 38.8 Å². The van der Waals surface area contributed by atoms with Crippen molar-refractivity contribution < 1.29 is 4.74 Å². The van der Waals surface area contributed by atoms with E-state index in [0.717, 1.165) is 19.1 Å². The number of hydrogen-bond donors (Lipinski definition) is 1. The van der Waals surface area contributed by atoms with Gasteiger partial charge in [0.05, 0.1) is 6.61 Å². The van der Waals surface area contributed by atoms with Crippen LogP contribution in [0, 0.1) is 5.92 Å². The Bertz CT molecular complexity index is 190. The van der Waals surface area contributed by atoms with Crippen molar-refractivity contribution in [1.29, 1.82) is 0 Å². The van der Waals surface area contributed by atoms with Crippen molar-refractivity contribution in [3.05, 3.63) is 0 Å². The van der Waals surface area contributed by atoms with Crippen LogP contribution < -0.4 is 5.32 Å². The summed E-state index contributed by atoms with van der Waals surface area (Å²) in [4.78, 5) is 2.60. The molecule has 2 aliphatic rings. The van der Waals surface area contributed by atoms with E-state index in [-0.39, 0.29) is 0 Å². The fourth-order valence-corrected chi connectivity index (χ4v) is 2.70. The van der Waals surface area contributed by atoms with Gasteiger partial charge in [-0.25, -0.2) is 0 Å². The highest BCUT2D eigenvalue weighted by atomic mass is 16.5. The molecule has 1 N–H and O–H groups in total. The molecule has 0 saturated carbocycles. The van der Waals surface area contributed by atoms with Crippen LogP contribution in [0.1, 0.15) is 26.7 Å². The van der Waals surface area contributed by atoms with Crippen LogP contribution >= 0.6 is 0 Å². The molecule has 2 rings (SSSR count). The summed E-state index contributed by atoms with van der Waals surface area (Å²) in [5.74, 6) is 0.794. The summed E-state index contributed by atoms with van der Waals surface area (Å²) in [5, 5.41) is 3.62. The first-order valence-electron chi connectivity index (χ1n) is 6.30. The topological polar surface area (TPSA) is 24.5 Å². The van der Waals surface area contributed by atoms with E-state index in [9.17, 15) is 0 Å². The van der Waals surface area contributed by atoms with E-state index >= 15 is 0 Å². The minimum atomic E-state index is 0.616. The lowest BCUT2D eigenvalue weighted by Gasteiger charge is -2.20. The zero-order valence-electron chi connectivity index (χ0n) is 10.0. The molecule has 2 aliphatic heterocycles. The highest BCUT2D eigenvalue weighted by Crippen LogP contribution is 2.17. The lowest BCUT2D eigenvalue weighted by atomic mass is 10.1. The largest absolute Gasteiger partial charge is 0.381 e. The van der Waals surface area contributed by atoms with Crippen molar-refractivity contribution in [1.82, 2.24) is 10.2 Å². The molecule has 0 spiro atoms. The molecule has 2 unspecified atom stereocenters. The minimum Gasteiger partial charge on any atom is -0.381 e. The lowest BCUT2D eigenvalue weighted by Crippen LogP contribution is -2.37. The molecule has 2 atom stereocenters. The Kier molecular flexibility index (Phi) is 4.00. The van der Waals surface area contributed by atoms with Crippen LogP contribution in [-0.2, 0) is 4.74 Å². The minimum absolute atomic E-state index is 0.616. The van der Waals surface area contributed by atoms with Crippen LogP contribution in [0.4, 0.5) is 0 Å². The van der Waals surface area contributed by atoms with Gasteiger partial charge in [0.15, 0.2) is 0 Å². The summed E-state index contributed by atoms with van der Waals surface area (Å²) in [6.45, 7) is 10.2. The SMILES string of the molecule is CC(C)NC1CCN(CC2CCOC2)C1. The zero-order valence-corrected chi connectivity index (χ0v) is 10.0. The molecule has 3 heteroatoms. The predicted octanol–water partition coefficient (Wildman–Crippen LogP) is 1.10. The third-order valence-electron chi connectivity index (χ3n) is 3.38. The van der Waals surface area contributed by atoms with Crippen LogP contribution in [0.3, 0.4) is 0 Å². The Balaban J connectivity index is 1.67. The van der Waals surface area contributed by atoms with Gasteiger partial charge in [-0.05, 0) is 25.3 Å². The van der Waals surface area contributed by atoms with Crippen LogP contribution in [0.5, 0.6) is 0 Å². The maximum absolute atomic E-state index is 5.42. The van der Waals surface area contributed by atoms with Gasteiger partial charge in [0.25, 0.3) is 0 Å². The Labute approximate surface area is 93.2 Å². The summed E-state index contributed by atoms with van der Waals surface area (Å²) >= 11 is 0. The Morgan fingerprint density at radius 3 is 2.93 bits per heavy atom. The summed E-state index contributed by atoms with van der Waals surface area (Å²) in [6.07, 6.45) is 2.57. The molecule has 88 valence electrons. The molecular formula is C12H24N2O. The quantitative estimate of drug-likeness (QED) is 0.755. The fraction of sp³-hybridized carbons (Fsp3) is 1.00. The Hall–Kier alpha value is -0.120. The van der Waals surface area contributed by atoms with E-state index in [4.69, 9.17) is 4.74 Å². The molecular weight excluding hydrogens is 188 g/mol. The second-order valence-electron chi connectivity index (χ2n) is 5.30. The lowest BCUT2D eigenvalue weighted by molar-refractivity contribution is 0.173. The van der Waals surface area contributed by atoms with Gasteiger partial charge in [-0.2, -0.15) is 0 Å². The molecule has 0 aromatic carbocycles. The van der Waals surface area contributed by atoms with E-state index < -0.39 is 0 Å². The van der Waals surface area contributed by atoms with Crippen molar-refractivity contribution in [3.63, 3.8) is 0 Å². The third kappa shape index (κ3) is 3.44. The van der Waals surface area contributed by atoms with Crippen molar-refractivity contribution in [3.8, 4) is 0 Å². The number of likely N-dealkylation sites (tertiary alicyclic amines) is 1. The van der Waals surface area contributed by atoms with Gasteiger partial charge in [0.1, 0.15) is 0 Å². The Morgan fingerprint density at radius 1 is 1.40 bits per heavy atom. The number of rotatable bonds is 4. The summed E-state index contributed by atoms with van der Waals surface area (Å²) < 4.78 is 5.42. The first-order chi connectivity index (χ1) is 7.24. The standard InChI is InChI=1S/C12H24N2O/c1-10(2)13-12-3-5-14(8-12)7-11-4-6-15-9-11/h10-13H,3-9H2,1-2H3. The summed E-state index contributed by atoms with van der Waals surface area (Å²) in [6, 6.07) is 1.33. The van der Waals surface area contributed by atoms with Crippen LogP contribution in [0.25, 0.3) is 0 Å². The number of nitrogens with one attached hydrogen (secondary N) is 1. The molecule has 2 heterocycles. The van der Waals surface area contributed by atoms with Crippen molar-refractivity contribution >= 4 is 0 Å². The molecule has 0 radical (unpaired) electrons. The van der Waals surface area contributed by atoms with Gasteiger partial charge >= 0.3 is 0 Å². The van der Waals surface area contributed by atoms with Crippen LogP contribution in [-0.4, -0.2) is 49.8 Å². The smallest absolute Gasteiger partial charge is 0.0507 e. The Morgan fingerprint density at radius 2 is 2.27 bits per heavy atom. The summed E-state index contributed by atoms with van der Waals surface area (Å²) in [5.41, 5.74) is 0. The van der Waals surface area contributed by atoms with E-state index in [1.54, 1.807) is 0 Å². The first-order valence-corrected chi connectivity index (χ1v) is 6.30. The van der Waals surface area contributed by atoms with Gasteiger partial charge < -0.3 is 15.0 Å². The number of nitrogens with zero attached hydrogens (tertiary/aromatic N) is 1. The van der Waals surface area contributed by atoms with Gasteiger partial charge in [-0.3, -0.25) is 0 Å². The maximum Gasteiger partial charge on any atom is 0.0507 e. The van der Waals surface area contributed by atoms with E-state index in [2.05, 4.69) is 24.1 Å². The van der Waals surface area contributed by atoms with Gasteiger partial charge in [-0.15, -0.1) is 0 Å². The van der Waals surface area contributed by atoms with Gasteiger partial charge in [0, 0.05) is 31.8 Å². The molecule has 2 saturated heterocycles. The van der Waals surface area contributed by atoms with E-state index in [1.165, 1.54) is 32.5 Å². The molecule has 0 aliphatic carbocycles. The highest BCUT2D eigenvalue weighted by molar-refractivity contribution is 4.83. The molecule has 3 nitrogen and oxygen atoms in total. The zero-order chi connectivity index (χ0) is 10.7. The molecule has 15 heavy (non-hydrogen) atoms. The van der Waals surface area contributed by atoms with E-state index in [0.29, 0.717) is 12.1 Å².